The lowest BCUT2D eigenvalue weighted by atomic mass is 9.76. The second-order valence-corrected chi connectivity index (χ2v) is 11.7. The Morgan fingerprint density at radius 3 is 1.65 bits per heavy atom. The van der Waals surface area contributed by atoms with Gasteiger partial charge in [0.05, 0.1) is 5.25 Å². The zero-order chi connectivity index (χ0) is 17.5. The molecule has 2 aliphatic heterocycles. The summed E-state index contributed by atoms with van der Waals surface area (Å²) in [7, 11) is -3.12. The SMILES string of the molecule is CC(C)(C)C1CCN(S(=O)(=O)C2CCN(C(C)(C)C)CC2)CC1. The van der Waals surface area contributed by atoms with Crippen LogP contribution in [-0.2, 0) is 10.0 Å². The molecule has 0 aromatic rings. The molecule has 0 bridgehead atoms. The molecule has 0 atom stereocenters. The highest BCUT2D eigenvalue weighted by Gasteiger charge is 2.39. The molecule has 0 saturated carbocycles. The summed E-state index contributed by atoms with van der Waals surface area (Å²) < 4.78 is 27.7. The molecule has 0 radical (unpaired) electrons. The zero-order valence-corrected chi connectivity index (χ0v) is 16.7. The van der Waals surface area contributed by atoms with Crippen LogP contribution in [0.25, 0.3) is 0 Å². The first kappa shape index (κ1) is 19.2. The minimum absolute atomic E-state index is 0.139. The van der Waals surface area contributed by atoms with Crippen molar-refractivity contribution in [1.82, 2.24) is 9.21 Å². The average molecular weight is 345 g/mol. The second kappa shape index (κ2) is 6.64. The Labute approximate surface area is 143 Å². The molecule has 0 spiro atoms. The molecule has 0 unspecified atom stereocenters. The van der Waals surface area contributed by atoms with Crippen molar-refractivity contribution in [3.8, 4) is 0 Å². The fourth-order valence-corrected chi connectivity index (χ4v) is 5.96. The summed E-state index contributed by atoms with van der Waals surface area (Å²) in [6.07, 6.45) is 3.56. The maximum absolute atomic E-state index is 13.0. The molecule has 4 nitrogen and oxygen atoms in total. The summed E-state index contributed by atoms with van der Waals surface area (Å²) in [5.41, 5.74) is 0.424. The van der Waals surface area contributed by atoms with Crippen LogP contribution in [0.5, 0.6) is 0 Å². The Morgan fingerprint density at radius 1 is 0.783 bits per heavy atom. The van der Waals surface area contributed by atoms with E-state index < -0.39 is 10.0 Å². The highest BCUT2D eigenvalue weighted by molar-refractivity contribution is 7.89. The van der Waals surface area contributed by atoms with E-state index in [1.54, 1.807) is 4.31 Å². The zero-order valence-electron chi connectivity index (χ0n) is 15.9. The third-order valence-electron chi connectivity index (χ3n) is 5.85. The van der Waals surface area contributed by atoms with Gasteiger partial charge in [-0.3, -0.25) is 4.90 Å². The van der Waals surface area contributed by atoms with Gasteiger partial charge in [0, 0.05) is 18.6 Å². The summed E-state index contributed by atoms with van der Waals surface area (Å²) in [5.74, 6) is 0.636. The minimum atomic E-state index is -3.12. The van der Waals surface area contributed by atoms with Crippen molar-refractivity contribution < 1.29 is 8.42 Å². The lowest BCUT2D eigenvalue weighted by molar-refractivity contribution is 0.109. The predicted molar refractivity (Wildman–Crippen MR) is 97.0 cm³/mol. The molecule has 2 saturated heterocycles. The Hall–Kier alpha value is -0.130. The van der Waals surface area contributed by atoms with Gasteiger partial charge in [-0.05, 0) is 70.9 Å². The van der Waals surface area contributed by atoms with Crippen LogP contribution >= 0.6 is 0 Å². The molecule has 0 aliphatic carbocycles. The number of hydrogen-bond donors (Lipinski definition) is 0. The molecule has 23 heavy (non-hydrogen) atoms. The van der Waals surface area contributed by atoms with Crippen molar-refractivity contribution in [2.75, 3.05) is 26.2 Å². The van der Waals surface area contributed by atoms with Crippen molar-refractivity contribution in [1.29, 1.82) is 0 Å². The standard InChI is InChI=1S/C18H36N2O2S/c1-17(2,3)15-7-13-20(14-8-15)23(21,22)16-9-11-19(12-10-16)18(4,5)6/h15-16H,7-14H2,1-6H3. The van der Waals surface area contributed by atoms with Gasteiger partial charge in [0.15, 0.2) is 0 Å². The van der Waals surface area contributed by atoms with Crippen molar-refractivity contribution in [2.45, 2.75) is 78.0 Å². The largest absolute Gasteiger partial charge is 0.298 e. The maximum Gasteiger partial charge on any atom is 0.217 e. The number of hydrogen-bond acceptors (Lipinski definition) is 3. The van der Waals surface area contributed by atoms with E-state index in [2.05, 4.69) is 46.4 Å². The molecule has 2 aliphatic rings. The van der Waals surface area contributed by atoms with Gasteiger partial charge in [-0.25, -0.2) is 12.7 Å². The van der Waals surface area contributed by atoms with Gasteiger partial charge in [0.1, 0.15) is 0 Å². The first-order chi connectivity index (χ1) is 10.4. The van der Waals surface area contributed by atoms with E-state index >= 15 is 0 Å². The Morgan fingerprint density at radius 2 is 1.26 bits per heavy atom. The molecule has 0 aromatic carbocycles. The number of rotatable bonds is 2. The van der Waals surface area contributed by atoms with E-state index in [0.717, 1.165) is 38.8 Å². The molecule has 5 heteroatoms. The Kier molecular flexibility index (Phi) is 5.54. The van der Waals surface area contributed by atoms with Crippen LogP contribution in [0.15, 0.2) is 0 Å². The third kappa shape index (κ3) is 4.49. The van der Waals surface area contributed by atoms with Gasteiger partial charge < -0.3 is 0 Å². The number of sulfonamides is 1. The summed E-state index contributed by atoms with van der Waals surface area (Å²) in [6.45, 7) is 16.6. The molecule has 136 valence electrons. The van der Waals surface area contributed by atoms with Crippen molar-refractivity contribution in [3.05, 3.63) is 0 Å². The second-order valence-electron chi connectivity index (χ2n) is 9.44. The number of nitrogens with zero attached hydrogens (tertiary/aromatic N) is 2. The highest BCUT2D eigenvalue weighted by atomic mass is 32.2. The minimum Gasteiger partial charge on any atom is -0.298 e. The Bertz CT molecular complexity index is 446. The molecular formula is C18H36N2O2S. The van der Waals surface area contributed by atoms with Crippen LogP contribution in [-0.4, -0.2) is 54.6 Å². The van der Waals surface area contributed by atoms with Gasteiger partial charge in [0.25, 0.3) is 0 Å². The number of likely N-dealkylation sites (tertiary alicyclic amines) is 1. The smallest absolute Gasteiger partial charge is 0.217 e. The van der Waals surface area contributed by atoms with Gasteiger partial charge in [0.2, 0.25) is 10.0 Å². The van der Waals surface area contributed by atoms with E-state index in [-0.39, 0.29) is 16.2 Å². The van der Waals surface area contributed by atoms with Gasteiger partial charge in [-0.1, -0.05) is 20.8 Å². The van der Waals surface area contributed by atoms with Crippen molar-refractivity contribution in [3.63, 3.8) is 0 Å². The molecule has 0 N–H and O–H groups in total. The van der Waals surface area contributed by atoms with Crippen LogP contribution in [0.1, 0.15) is 67.2 Å². The van der Waals surface area contributed by atoms with Gasteiger partial charge in [-0.15, -0.1) is 0 Å². The fourth-order valence-electron chi connectivity index (χ4n) is 4.01. The van der Waals surface area contributed by atoms with E-state index in [1.165, 1.54) is 0 Å². The molecule has 2 fully saturated rings. The monoisotopic (exact) mass is 344 g/mol. The maximum atomic E-state index is 13.0. The summed E-state index contributed by atoms with van der Waals surface area (Å²) in [6, 6.07) is 0. The Balaban J connectivity index is 1.94. The molecule has 0 aromatic heterocycles. The van der Waals surface area contributed by atoms with Crippen LogP contribution in [0.2, 0.25) is 0 Å². The van der Waals surface area contributed by atoms with Crippen molar-refractivity contribution in [2.24, 2.45) is 11.3 Å². The van der Waals surface area contributed by atoms with E-state index in [1.807, 2.05) is 0 Å². The van der Waals surface area contributed by atoms with Crippen LogP contribution in [0.3, 0.4) is 0 Å². The van der Waals surface area contributed by atoms with Gasteiger partial charge in [-0.2, -0.15) is 0 Å². The summed E-state index contributed by atoms with van der Waals surface area (Å²) >= 11 is 0. The lowest BCUT2D eigenvalue weighted by Gasteiger charge is -2.43. The van der Waals surface area contributed by atoms with E-state index in [0.29, 0.717) is 19.0 Å². The van der Waals surface area contributed by atoms with Gasteiger partial charge >= 0.3 is 0 Å². The lowest BCUT2D eigenvalue weighted by Crippen LogP contribution is -2.52. The van der Waals surface area contributed by atoms with Crippen LogP contribution in [0, 0.1) is 11.3 Å². The molecule has 2 heterocycles. The average Bonchev–Trinajstić information content (AvgIpc) is 2.46. The molecule has 0 amide bonds. The van der Waals surface area contributed by atoms with E-state index in [9.17, 15) is 8.42 Å². The first-order valence-electron chi connectivity index (χ1n) is 9.16. The summed E-state index contributed by atoms with van der Waals surface area (Å²) in [5, 5.41) is -0.174. The molecule has 2 rings (SSSR count). The first-order valence-corrected chi connectivity index (χ1v) is 10.7. The van der Waals surface area contributed by atoms with Crippen LogP contribution < -0.4 is 0 Å². The topological polar surface area (TPSA) is 40.6 Å². The summed E-state index contributed by atoms with van der Waals surface area (Å²) in [4.78, 5) is 2.41. The number of piperidine rings is 2. The quantitative estimate of drug-likeness (QED) is 0.771. The van der Waals surface area contributed by atoms with Crippen molar-refractivity contribution >= 4 is 10.0 Å². The predicted octanol–water partition coefficient (Wildman–Crippen LogP) is 3.34. The van der Waals surface area contributed by atoms with Crippen LogP contribution in [0.4, 0.5) is 0 Å². The third-order valence-corrected chi connectivity index (χ3v) is 8.25. The molecular weight excluding hydrogens is 308 g/mol. The highest BCUT2D eigenvalue weighted by Crippen LogP contribution is 2.36. The normalized spacial score (nSPS) is 25.0. The van der Waals surface area contributed by atoms with E-state index in [4.69, 9.17) is 0 Å². The fraction of sp³-hybridized carbons (Fsp3) is 1.00.